The van der Waals surface area contributed by atoms with Crippen molar-refractivity contribution in [2.45, 2.75) is 32.9 Å². The molecule has 0 fully saturated rings. The molecule has 0 saturated carbocycles. The molecule has 1 heterocycles. The fraction of sp³-hybridized carbons (Fsp3) is 0.333. The van der Waals surface area contributed by atoms with Gasteiger partial charge in [0.2, 0.25) is 5.91 Å². The van der Waals surface area contributed by atoms with E-state index < -0.39 is 6.04 Å². The predicted molar refractivity (Wildman–Crippen MR) is 99.5 cm³/mol. The number of nitrogens with one attached hydrogen (secondary N) is 1. The highest BCUT2D eigenvalue weighted by Gasteiger charge is 2.20. The first-order chi connectivity index (χ1) is 11.4. The van der Waals surface area contributed by atoms with Gasteiger partial charge in [-0.05, 0) is 35.7 Å². The Balaban J connectivity index is 0.00000312. The zero-order valence-corrected chi connectivity index (χ0v) is 15.1. The highest BCUT2D eigenvalue weighted by molar-refractivity contribution is 5.94. The number of amides is 1. The molecule has 0 aliphatic rings. The van der Waals surface area contributed by atoms with Crippen molar-refractivity contribution in [1.82, 2.24) is 4.57 Å². The Bertz CT molecular complexity index is 762. The lowest BCUT2D eigenvalue weighted by Gasteiger charge is -2.17. The summed E-state index contributed by atoms with van der Waals surface area (Å²) in [5.41, 5.74) is 6.54. The van der Waals surface area contributed by atoms with Crippen LogP contribution in [0, 0.1) is 11.7 Å². The lowest BCUT2D eigenvalue weighted by molar-refractivity contribution is -0.118. The monoisotopic (exact) mass is 367 g/mol. The van der Waals surface area contributed by atoms with Crippen molar-refractivity contribution in [2.75, 3.05) is 5.32 Å². The third-order valence-corrected chi connectivity index (χ3v) is 4.10. The van der Waals surface area contributed by atoms with Gasteiger partial charge in [0.25, 0.3) is 5.56 Å². The Hall–Kier alpha value is -2.18. The van der Waals surface area contributed by atoms with Gasteiger partial charge >= 0.3 is 0 Å². The van der Waals surface area contributed by atoms with Gasteiger partial charge in [0.15, 0.2) is 0 Å². The summed E-state index contributed by atoms with van der Waals surface area (Å²) in [5.74, 6) is -0.678. The van der Waals surface area contributed by atoms with Crippen LogP contribution in [-0.2, 0) is 11.3 Å². The Labute approximate surface area is 152 Å². The zero-order chi connectivity index (χ0) is 17.7. The van der Waals surface area contributed by atoms with E-state index in [2.05, 4.69) is 5.32 Å². The van der Waals surface area contributed by atoms with Crippen LogP contribution in [0.2, 0.25) is 0 Å². The van der Waals surface area contributed by atoms with Gasteiger partial charge in [-0.15, -0.1) is 12.4 Å². The number of hydrogen-bond acceptors (Lipinski definition) is 3. The largest absolute Gasteiger partial charge is 0.320 e. The van der Waals surface area contributed by atoms with Gasteiger partial charge in [0, 0.05) is 6.20 Å². The molecule has 5 nitrogen and oxygen atoms in total. The maximum atomic E-state index is 13.0. The zero-order valence-electron chi connectivity index (χ0n) is 14.2. The van der Waals surface area contributed by atoms with E-state index in [1.807, 2.05) is 13.8 Å². The molecule has 1 aromatic heterocycles. The van der Waals surface area contributed by atoms with Crippen LogP contribution in [0.5, 0.6) is 0 Å². The van der Waals surface area contributed by atoms with E-state index >= 15 is 0 Å². The number of nitrogens with two attached hydrogens (primary N) is 1. The van der Waals surface area contributed by atoms with E-state index in [-0.39, 0.29) is 41.3 Å². The van der Waals surface area contributed by atoms with E-state index in [0.717, 1.165) is 12.0 Å². The summed E-state index contributed by atoms with van der Waals surface area (Å²) < 4.78 is 14.4. The average Bonchev–Trinajstić information content (AvgIpc) is 2.58. The second-order valence-corrected chi connectivity index (χ2v) is 5.88. The summed E-state index contributed by atoms with van der Waals surface area (Å²) in [6.45, 7) is 4.14. The maximum Gasteiger partial charge on any atom is 0.274 e. The smallest absolute Gasteiger partial charge is 0.274 e. The number of hydrogen-bond donors (Lipinski definition) is 2. The third-order valence-electron chi connectivity index (χ3n) is 4.10. The Morgan fingerprint density at radius 3 is 2.52 bits per heavy atom. The molecule has 2 unspecified atom stereocenters. The number of anilines is 1. The van der Waals surface area contributed by atoms with Gasteiger partial charge in [0.05, 0.1) is 12.6 Å². The van der Waals surface area contributed by atoms with Gasteiger partial charge in [-0.25, -0.2) is 4.39 Å². The fourth-order valence-electron chi connectivity index (χ4n) is 2.27. The van der Waals surface area contributed by atoms with Crippen LogP contribution in [0.3, 0.4) is 0 Å². The van der Waals surface area contributed by atoms with Gasteiger partial charge in [0.1, 0.15) is 11.5 Å². The van der Waals surface area contributed by atoms with Gasteiger partial charge in [-0.2, -0.15) is 0 Å². The molecule has 0 bridgehead atoms. The fourth-order valence-corrected chi connectivity index (χ4v) is 2.27. The Morgan fingerprint density at radius 1 is 1.28 bits per heavy atom. The van der Waals surface area contributed by atoms with E-state index in [1.165, 1.54) is 16.7 Å². The molecule has 0 aliphatic heterocycles. The number of pyridine rings is 1. The summed E-state index contributed by atoms with van der Waals surface area (Å²) >= 11 is 0. The maximum absolute atomic E-state index is 13.0. The summed E-state index contributed by atoms with van der Waals surface area (Å²) in [5, 5.41) is 2.60. The van der Waals surface area contributed by atoms with Crippen LogP contribution in [0.1, 0.15) is 25.8 Å². The lowest BCUT2D eigenvalue weighted by Crippen LogP contribution is -2.41. The molecule has 1 aromatic carbocycles. The molecule has 0 aliphatic carbocycles. The molecule has 136 valence electrons. The first-order valence-electron chi connectivity index (χ1n) is 7.92. The third kappa shape index (κ3) is 5.41. The van der Waals surface area contributed by atoms with E-state index in [9.17, 15) is 14.0 Å². The molecule has 1 amide bonds. The number of benzene rings is 1. The number of aromatic nitrogens is 1. The molecule has 2 atom stereocenters. The van der Waals surface area contributed by atoms with Gasteiger partial charge in [-0.3, -0.25) is 9.59 Å². The van der Waals surface area contributed by atoms with Crippen molar-refractivity contribution in [3.8, 4) is 0 Å². The summed E-state index contributed by atoms with van der Waals surface area (Å²) in [6.07, 6.45) is 2.40. The Morgan fingerprint density at radius 2 is 1.92 bits per heavy atom. The number of halogens is 2. The highest BCUT2D eigenvalue weighted by Crippen LogP contribution is 2.09. The van der Waals surface area contributed by atoms with Crippen LogP contribution in [-0.4, -0.2) is 16.5 Å². The quantitative estimate of drug-likeness (QED) is 0.824. The van der Waals surface area contributed by atoms with Crippen LogP contribution in [0.25, 0.3) is 0 Å². The number of rotatable bonds is 6. The van der Waals surface area contributed by atoms with Crippen molar-refractivity contribution < 1.29 is 9.18 Å². The lowest BCUT2D eigenvalue weighted by atomic mass is 9.99. The molecule has 2 aromatic rings. The van der Waals surface area contributed by atoms with Crippen LogP contribution in [0.4, 0.5) is 10.1 Å². The number of carbonyl (C=O) groups is 1. The normalized spacial score (nSPS) is 12.8. The Kier molecular flexibility index (Phi) is 7.80. The summed E-state index contributed by atoms with van der Waals surface area (Å²) in [6, 6.07) is 8.48. The standard InChI is InChI=1S/C18H22FN3O2.ClH/c1-3-12(2)16(20)17(23)21-15-5-4-10-22(18(15)24)11-13-6-8-14(19)9-7-13;/h4-10,12,16H,3,11,20H2,1-2H3,(H,21,23);1H. The predicted octanol–water partition coefficient (Wildman–Crippen LogP) is 2.77. The topological polar surface area (TPSA) is 77.1 Å². The molecule has 25 heavy (non-hydrogen) atoms. The van der Waals surface area contributed by atoms with Crippen molar-refractivity contribution in [2.24, 2.45) is 11.7 Å². The van der Waals surface area contributed by atoms with E-state index in [0.29, 0.717) is 6.54 Å². The van der Waals surface area contributed by atoms with Crippen molar-refractivity contribution in [3.63, 3.8) is 0 Å². The minimum absolute atomic E-state index is 0. The molecule has 0 radical (unpaired) electrons. The number of carbonyl (C=O) groups excluding carboxylic acids is 1. The summed E-state index contributed by atoms with van der Waals surface area (Å²) in [4.78, 5) is 24.6. The summed E-state index contributed by atoms with van der Waals surface area (Å²) in [7, 11) is 0. The van der Waals surface area contributed by atoms with Gasteiger partial charge < -0.3 is 15.6 Å². The molecule has 2 rings (SSSR count). The van der Waals surface area contributed by atoms with Crippen LogP contribution < -0.4 is 16.6 Å². The second-order valence-electron chi connectivity index (χ2n) is 5.88. The van der Waals surface area contributed by atoms with Gasteiger partial charge in [-0.1, -0.05) is 32.4 Å². The van der Waals surface area contributed by atoms with E-state index in [1.54, 1.807) is 30.5 Å². The van der Waals surface area contributed by atoms with Crippen molar-refractivity contribution >= 4 is 24.0 Å². The van der Waals surface area contributed by atoms with Crippen molar-refractivity contribution in [1.29, 1.82) is 0 Å². The molecular weight excluding hydrogens is 345 g/mol. The molecule has 3 N–H and O–H groups in total. The van der Waals surface area contributed by atoms with Crippen LogP contribution >= 0.6 is 12.4 Å². The second kappa shape index (κ2) is 9.34. The number of nitrogens with zero attached hydrogens (tertiary/aromatic N) is 1. The average molecular weight is 368 g/mol. The molecule has 0 spiro atoms. The first kappa shape index (κ1) is 20.9. The molecule has 7 heteroatoms. The van der Waals surface area contributed by atoms with E-state index in [4.69, 9.17) is 5.73 Å². The minimum Gasteiger partial charge on any atom is -0.320 e. The minimum atomic E-state index is -0.667. The first-order valence-corrected chi connectivity index (χ1v) is 7.92. The van der Waals surface area contributed by atoms with Crippen molar-refractivity contribution in [3.05, 3.63) is 64.3 Å². The molecule has 0 saturated heterocycles. The SMILES string of the molecule is CCC(C)C(N)C(=O)Nc1cccn(Cc2ccc(F)cc2)c1=O.Cl. The molecular formula is C18H23ClFN3O2. The highest BCUT2D eigenvalue weighted by atomic mass is 35.5. The van der Waals surface area contributed by atoms with Crippen LogP contribution in [0.15, 0.2) is 47.4 Å².